The van der Waals surface area contributed by atoms with Crippen molar-refractivity contribution >= 4 is 29.4 Å². The van der Waals surface area contributed by atoms with E-state index in [0.29, 0.717) is 29.7 Å². The summed E-state index contributed by atoms with van der Waals surface area (Å²) >= 11 is 6.21. The van der Waals surface area contributed by atoms with Crippen molar-refractivity contribution in [2.75, 3.05) is 33.9 Å². The number of fused-ring (bicyclic) bond motifs is 1. The van der Waals surface area contributed by atoms with Gasteiger partial charge < -0.3 is 48.1 Å². The molecule has 18 atom stereocenters. The zero-order chi connectivity index (χ0) is 51.0. The van der Waals surface area contributed by atoms with Gasteiger partial charge in [-0.05, 0) is 122 Å². The second-order valence-corrected chi connectivity index (χ2v) is 23.2. The van der Waals surface area contributed by atoms with E-state index in [1.165, 1.54) is 39.2 Å². The maximum Gasteiger partial charge on any atom is 0.410 e. The standard InChI is InChI=1S/C54H85ClN2O13/c1-13-41-54(10)46(57(51(62)70-54)24-23-36-19-21-39(55)22-20-36)32(4)43(58)30(2)26-53(9,64-12)48(33(5)45(34(6)49(61)67-41)68-42-27-52(8,63-11)47(60)35(7)66-42)69-50-44(59)40(25-31(3)65-50)56(29-38-17-18-38)28-37-15-14-16-37/h19-22,30-35,37-38,40-42,44-48,50,59-60H,13-18,23-29H2,1-12H3/t30-,31+,32-,33+,34-,35-,40-,41+,42-,44+,45+,46-,47-,48-,50-,52+,53+,54-/m1/s1. The number of halogens is 1. The van der Waals surface area contributed by atoms with Crippen molar-refractivity contribution in [1.82, 2.24) is 9.80 Å². The monoisotopic (exact) mass is 1000 g/mol. The molecule has 16 heteroatoms. The Labute approximate surface area is 422 Å². The number of hydrogen-bond acceptors (Lipinski definition) is 14. The van der Waals surface area contributed by atoms with Gasteiger partial charge in [0.2, 0.25) is 0 Å². The molecule has 2 saturated carbocycles. The third kappa shape index (κ3) is 11.7. The molecule has 396 valence electrons. The number of Topliss-reactive ketones (excluding diaryl/α,β-unsaturated/α-hetero) is 1. The number of rotatable bonds is 15. The number of ether oxygens (including phenoxy) is 8. The Balaban J connectivity index is 1.29. The van der Waals surface area contributed by atoms with E-state index in [1.54, 1.807) is 51.8 Å². The molecule has 7 rings (SSSR count). The molecular formula is C54H85ClN2O13. The fourth-order valence-electron chi connectivity index (χ4n) is 12.6. The van der Waals surface area contributed by atoms with Crippen molar-refractivity contribution in [3.63, 3.8) is 0 Å². The van der Waals surface area contributed by atoms with Gasteiger partial charge in [0.05, 0.1) is 47.6 Å². The Kier molecular flexibility index (Phi) is 17.8. The van der Waals surface area contributed by atoms with Crippen molar-refractivity contribution in [2.45, 2.75) is 218 Å². The van der Waals surface area contributed by atoms with Crippen LogP contribution in [-0.4, -0.2) is 156 Å². The van der Waals surface area contributed by atoms with Crippen LogP contribution in [0, 0.1) is 35.5 Å². The van der Waals surface area contributed by atoms with E-state index in [0.717, 1.165) is 18.7 Å². The molecule has 1 amide bonds. The van der Waals surface area contributed by atoms with Crippen molar-refractivity contribution in [2.24, 2.45) is 35.5 Å². The molecule has 0 radical (unpaired) electrons. The number of carbonyl (C=O) groups excluding carboxylic acids is 3. The van der Waals surface area contributed by atoms with Gasteiger partial charge >= 0.3 is 12.1 Å². The number of nitrogens with zero attached hydrogens (tertiary/aromatic N) is 2. The van der Waals surface area contributed by atoms with Crippen LogP contribution in [0.2, 0.25) is 5.02 Å². The highest BCUT2D eigenvalue weighted by Crippen LogP contribution is 2.45. The molecular weight excluding hydrogens is 920 g/mol. The molecule has 0 unspecified atom stereocenters. The SMILES string of the molecule is CC[C@@H]1OC(=O)[C@H](C)[C@@H](O[C@@H]2C[C@](C)(OC)[C@H](O)[C@@H](C)O2)[C@H](C)[C@@H](O[C@H]2O[C@@H](C)C[C@@H](N(CC3CCC3)CC3CC3)[C@@H]2O)[C@@](C)(OC)C[C@@H](C)C(=O)[C@@H](C)[C@H]2N(CCc3ccc(Cl)cc3)C(=O)O[C@]12C. The summed E-state index contributed by atoms with van der Waals surface area (Å²) in [6.45, 7) is 20.5. The van der Waals surface area contributed by atoms with Crippen LogP contribution in [0.25, 0.3) is 0 Å². The predicted molar refractivity (Wildman–Crippen MR) is 263 cm³/mol. The van der Waals surface area contributed by atoms with Gasteiger partial charge in [0.25, 0.3) is 0 Å². The molecule has 1 aromatic rings. The van der Waals surface area contributed by atoms with Gasteiger partial charge in [-0.15, -0.1) is 0 Å². The number of cyclic esters (lactones) is 1. The minimum Gasteiger partial charge on any atom is -0.458 e. The first-order valence-electron chi connectivity index (χ1n) is 26.4. The quantitative estimate of drug-likeness (QED) is 0.163. The number of methoxy groups -OCH3 is 2. The van der Waals surface area contributed by atoms with Gasteiger partial charge in [0.15, 0.2) is 18.2 Å². The number of esters is 1. The first-order chi connectivity index (χ1) is 33.1. The minimum atomic E-state index is -1.43. The zero-order valence-electron chi connectivity index (χ0n) is 44.0. The van der Waals surface area contributed by atoms with E-state index in [-0.39, 0.29) is 43.7 Å². The molecule has 0 bridgehead atoms. The van der Waals surface area contributed by atoms with Crippen LogP contribution in [0.3, 0.4) is 0 Å². The molecule has 15 nitrogen and oxygen atoms in total. The first kappa shape index (κ1) is 55.3. The van der Waals surface area contributed by atoms with Crippen LogP contribution < -0.4 is 0 Å². The number of hydrogen-bond donors (Lipinski definition) is 2. The molecule has 1 aromatic carbocycles. The van der Waals surface area contributed by atoms with Crippen molar-refractivity contribution in [3.05, 3.63) is 34.9 Å². The van der Waals surface area contributed by atoms with Crippen molar-refractivity contribution in [1.29, 1.82) is 0 Å². The number of benzene rings is 1. The van der Waals surface area contributed by atoms with Gasteiger partial charge in [-0.25, -0.2) is 4.79 Å². The van der Waals surface area contributed by atoms with Crippen LogP contribution in [0.1, 0.15) is 133 Å². The highest BCUT2D eigenvalue weighted by molar-refractivity contribution is 6.30. The molecule has 2 aliphatic carbocycles. The third-order valence-electron chi connectivity index (χ3n) is 17.4. The number of carbonyl (C=O) groups is 3. The molecule has 6 fully saturated rings. The predicted octanol–water partition coefficient (Wildman–Crippen LogP) is 7.75. The Bertz CT molecular complexity index is 1940. The summed E-state index contributed by atoms with van der Waals surface area (Å²) in [7, 11) is 3.12. The van der Waals surface area contributed by atoms with Crippen LogP contribution in [0.5, 0.6) is 0 Å². The van der Waals surface area contributed by atoms with E-state index in [2.05, 4.69) is 4.90 Å². The van der Waals surface area contributed by atoms with Crippen molar-refractivity contribution < 1.29 is 62.5 Å². The summed E-state index contributed by atoms with van der Waals surface area (Å²) in [6.07, 6.45) is -0.807. The Morgan fingerprint density at radius 1 is 0.843 bits per heavy atom. The smallest absolute Gasteiger partial charge is 0.410 e. The highest BCUT2D eigenvalue weighted by Gasteiger charge is 2.61. The second-order valence-electron chi connectivity index (χ2n) is 22.8. The van der Waals surface area contributed by atoms with Gasteiger partial charge in [-0.1, -0.05) is 57.8 Å². The van der Waals surface area contributed by atoms with E-state index in [4.69, 9.17) is 49.5 Å². The lowest BCUT2D eigenvalue weighted by Gasteiger charge is -2.50. The maximum atomic E-state index is 15.2. The minimum absolute atomic E-state index is 0.128. The summed E-state index contributed by atoms with van der Waals surface area (Å²) in [5, 5.41) is 24.3. The number of ketones is 1. The lowest BCUT2D eigenvalue weighted by Crippen LogP contribution is -2.62. The lowest BCUT2D eigenvalue weighted by molar-refractivity contribution is -0.320. The molecule has 70 heavy (non-hydrogen) atoms. The Morgan fingerprint density at radius 2 is 1.49 bits per heavy atom. The number of aliphatic hydroxyl groups excluding tert-OH is 2. The maximum absolute atomic E-state index is 15.2. The Morgan fingerprint density at radius 3 is 2.07 bits per heavy atom. The topological polar surface area (TPSA) is 172 Å². The van der Waals surface area contributed by atoms with Crippen LogP contribution >= 0.6 is 11.6 Å². The van der Waals surface area contributed by atoms with Crippen LogP contribution in [0.15, 0.2) is 24.3 Å². The highest BCUT2D eigenvalue weighted by atomic mass is 35.5. The third-order valence-corrected chi connectivity index (χ3v) is 17.6. The first-order valence-corrected chi connectivity index (χ1v) is 26.7. The fraction of sp³-hybridized carbons (Fsp3) is 0.833. The number of amides is 1. The molecule has 2 N–H and O–H groups in total. The zero-order valence-corrected chi connectivity index (χ0v) is 44.7. The van der Waals surface area contributed by atoms with Crippen LogP contribution in [-0.2, 0) is 53.9 Å². The average Bonchev–Trinajstić information content (AvgIpc) is 4.10. The summed E-state index contributed by atoms with van der Waals surface area (Å²) in [5.74, 6) is -2.65. The largest absolute Gasteiger partial charge is 0.458 e. The summed E-state index contributed by atoms with van der Waals surface area (Å²) in [5.41, 5.74) is -2.78. The van der Waals surface area contributed by atoms with Gasteiger partial charge in [0, 0.05) is 69.1 Å². The van der Waals surface area contributed by atoms with E-state index in [9.17, 15) is 15.0 Å². The fourth-order valence-corrected chi connectivity index (χ4v) is 12.7. The molecule has 4 aliphatic heterocycles. The molecule has 6 aliphatic rings. The van der Waals surface area contributed by atoms with Gasteiger partial charge in [-0.3, -0.25) is 19.4 Å². The average molecular weight is 1010 g/mol. The Hall–Kier alpha value is -2.44. The van der Waals surface area contributed by atoms with E-state index >= 15 is 9.59 Å². The molecule has 4 saturated heterocycles. The number of aliphatic hydroxyl groups is 2. The summed E-state index contributed by atoms with van der Waals surface area (Å²) in [6, 6.07) is 6.38. The molecule has 4 heterocycles. The lowest BCUT2D eigenvalue weighted by atomic mass is 9.73. The second kappa shape index (κ2) is 22.6. The molecule has 0 spiro atoms. The summed E-state index contributed by atoms with van der Waals surface area (Å²) < 4.78 is 52.5. The summed E-state index contributed by atoms with van der Waals surface area (Å²) in [4.78, 5) is 48.5. The van der Waals surface area contributed by atoms with Gasteiger partial charge in [-0.2, -0.15) is 0 Å². The van der Waals surface area contributed by atoms with Crippen LogP contribution in [0.4, 0.5) is 4.79 Å². The van der Waals surface area contributed by atoms with E-state index in [1.807, 2.05) is 53.7 Å². The van der Waals surface area contributed by atoms with Crippen molar-refractivity contribution in [3.8, 4) is 0 Å². The normalized spacial score (nSPS) is 42.5. The molecule has 0 aromatic heterocycles. The van der Waals surface area contributed by atoms with E-state index < -0.39 is 108 Å². The van der Waals surface area contributed by atoms with Gasteiger partial charge in [0.1, 0.15) is 24.1 Å².